The molecule has 1 N–H and O–H groups in total. The fraction of sp³-hybridized carbons (Fsp3) is 0.381. The zero-order chi connectivity index (χ0) is 17.5. The third kappa shape index (κ3) is 4.54. The van der Waals surface area contributed by atoms with E-state index in [1.165, 1.54) is 0 Å². The van der Waals surface area contributed by atoms with Crippen molar-refractivity contribution < 1.29 is 19.4 Å². The van der Waals surface area contributed by atoms with Gasteiger partial charge in [0.2, 0.25) is 0 Å². The highest BCUT2D eigenvalue weighted by molar-refractivity contribution is 5.55. The van der Waals surface area contributed by atoms with E-state index in [9.17, 15) is 9.90 Å². The summed E-state index contributed by atoms with van der Waals surface area (Å²) in [5.41, 5.74) is 2.12. The van der Waals surface area contributed by atoms with Crippen molar-refractivity contribution in [2.75, 3.05) is 6.61 Å². The third-order valence-corrected chi connectivity index (χ3v) is 4.77. The van der Waals surface area contributed by atoms with Crippen LogP contribution in [0.5, 0.6) is 0 Å². The lowest BCUT2D eigenvalue weighted by atomic mass is 10.1. The van der Waals surface area contributed by atoms with Gasteiger partial charge in [-0.1, -0.05) is 60.7 Å². The van der Waals surface area contributed by atoms with Crippen LogP contribution < -0.4 is 0 Å². The van der Waals surface area contributed by atoms with E-state index in [0.717, 1.165) is 17.4 Å². The van der Waals surface area contributed by atoms with Crippen LogP contribution in [0.2, 0.25) is 0 Å². The van der Waals surface area contributed by atoms with Crippen molar-refractivity contribution in [1.82, 2.24) is 0 Å². The summed E-state index contributed by atoms with van der Waals surface area (Å²) in [5.74, 6) is -0.332. The monoisotopic (exact) mass is 340 g/mol. The molecule has 0 radical (unpaired) electrons. The van der Waals surface area contributed by atoms with Gasteiger partial charge in [-0.2, -0.15) is 0 Å². The molecule has 2 aromatic carbocycles. The van der Waals surface area contributed by atoms with Gasteiger partial charge in [0.1, 0.15) is 6.29 Å². The van der Waals surface area contributed by atoms with Gasteiger partial charge in [0, 0.05) is 18.4 Å². The summed E-state index contributed by atoms with van der Waals surface area (Å²) in [7, 11) is 0. The molecule has 4 nitrogen and oxygen atoms in total. The molecule has 0 spiro atoms. The van der Waals surface area contributed by atoms with E-state index >= 15 is 0 Å². The van der Waals surface area contributed by atoms with E-state index in [-0.39, 0.29) is 30.7 Å². The van der Waals surface area contributed by atoms with E-state index in [4.69, 9.17) is 9.47 Å². The SMILES string of the molecule is O=C[C@@H]1C[C@H](CO)[C@@H](OCc2ccccc2)[C@H]1OCc1ccccc1. The molecule has 0 unspecified atom stereocenters. The van der Waals surface area contributed by atoms with Gasteiger partial charge in [-0.05, 0) is 17.5 Å². The van der Waals surface area contributed by atoms with E-state index in [0.29, 0.717) is 19.6 Å². The van der Waals surface area contributed by atoms with Crippen LogP contribution in [-0.4, -0.2) is 30.2 Å². The molecular weight excluding hydrogens is 316 g/mol. The van der Waals surface area contributed by atoms with E-state index in [1.54, 1.807) is 0 Å². The Balaban J connectivity index is 1.67. The Labute approximate surface area is 148 Å². The molecular formula is C21H24O4. The standard InChI is InChI=1S/C21H24O4/c22-12-18-11-19(13-23)21(25-15-17-9-5-2-6-10-17)20(18)24-14-16-7-3-1-4-8-16/h1-10,12,18-21,23H,11,13-15H2/t18-,19+,20-,21+/m0/s1. The Bertz CT molecular complexity index is 643. The van der Waals surface area contributed by atoms with Crippen molar-refractivity contribution in [3.63, 3.8) is 0 Å². The summed E-state index contributed by atoms with van der Waals surface area (Å²) in [6.45, 7) is 0.868. The molecule has 0 saturated heterocycles. The number of hydrogen-bond donors (Lipinski definition) is 1. The lowest BCUT2D eigenvalue weighted by molar-refractivity contribution is -0.123. The van der Waals surface area contributed by atoms with Crippen LogP contribution in [0.15, 0.2) is 60.7 Å². The maximum atomic E-state index is 11.5. The van der Waals surface area contributed by atoms with Crippen LogP contribution in [0, 0.1) is 11.8 Å². The number of carbonyl (C=O) groups excluding carboxylic acids is 1. The number of aliphatic hydroxyl groups is 1. The summed E-state index contributed by atoms with van der Waals surface area (Å²) >= 11 is 0. The second-order valence-electron chi connectivity index (χ2n) is 6.50. The average molecular weight is 340 g/mol. The molecule has 2 aromatic rings. The van der Waals surface area contributed by atoms with Gasteiger partial charge in [0.05, 0.1) is 25.4 Å². The average Bonchev–Trinajstić information content (AvgIpc) is 3.03. The number of hydrogen-bond acceptors (Lipinski definition) is 4. The van der Waals surface area contributed by atoms with Crippen molar-refractivity contribution in [3.8, 4) is 0 Å². The number of benzene rings is 2. The maximum Gasteiger partial charge on any atom is 0.125 e. The van der Waals surface area contributed by atoms with Crippen LogP contribution >= 0.6 is 0 Å². The Morgan fingerprint density at radius 3 is 1.88 bits per heavy atom. The second kappa shape index (κ2) is 8.90. The van der Waals surface area contributed by atoms with Crippen LogP contribution in [0.4, 0.5) is 0 Å². The molecule has 3 rings (SSSR count). The molecule has 0 aromatic heterocycles. The van der Waals surface area contributed by atoms with Gasteiger partial charge in [-0.15, -0.1) is 0 Å². The van der Waals surface area contributed by atoms with Crippen LogP contribution in [0.1, 0.15) is 17.5 Å². The number of aldehydes is 1. The minimum atomic E-state index is -0.335. The first-order chi connectivity index (χ1) is 12.3. The first-order valence-corrected chi connectivity index (χ1v) is 8.69. The molecule has 0 aliphatic heterocycles. The fourth-order valence-corrected chi connectivity index (χ4v) is 3.42. The zero-order valence-electron chi connectivity index (χ0n) is 14.2. The largest absolute Gasteiger partial charge is 0.396 e. The van der Waals surface area contributed by atoms with Gasteiger partial charge in [-0.3, -0.25) is 0 Å². The van der Waals surface area contributed by atoms with Crippen molar-refractivity contribution in [3.05, 3.63) is 71.8 Å². The van der Waals surface area contributed by atoms with Crippen molar-refractivity contribution in [2.45, 2.75) is 31.8 Å². The lowest BCUT2D eigenvalue weighted by Crippen LogP contribution is -2.35. The number of rotatable bonds is 8. The highest BCUT2D eigenvalue weighted by Gasteiger charge is 2.44. The molecule has 0 heterocycles. The first-order valence-electron chi connectivity index (χ1n) is 8.69. The number of aliphatic hydroxyl groups excluding tert-OH is 1. The first kappa shape index (κ1) is 17.8. The molecule has 1 aliphatic rings. The molecule has 1 fully saturated rings. The van der Waals surface area contributed by atoms with Gasteiger partial charge in [0.15, 0.2) is 0 Å². The predicted molar refractivity (Wildman–Crippen MR) is 94.8 cm³/mol. The van der Waals surface area contributed by atoms with Gasteiger partial charge >= 0.3 is 0 Å². The van der Waals surface area contributed by atoms with E-state index < -0.39 is 0 Å². The van der Waals surface area contributed by atoms with Gasteiger partial charge < -0.3 is 19.4 Å². The Kier molecular flexibility index (Phi) is 6.34. The fourth-order valence-electron chi connectivity index (χ4n) is 3.42. The third-order valence-electron chi connectivity index (χ3n) is 4.77. The second-order valence-corrected chi connectivity index (χ2v) is 6.50. The molecule has 132 valence electrons. The maximum absolute atomic E-state index is 11.5. The summed E-state index contributed by atoms with van der Waals surface area (Å²) in [4.78, 5) is 11.5. The molecule has 4 heteroatoms. The lowest BCUT2D eigenvalue weighted by Gasteiger charge is -2.26. The van der Waals surface area contributed by atoms with Gasteiger partial charge in [0.25, 0.3) is 0 Å². The normalized spacial score (nSPS) is 25.8. The zero-order valence-corrected chi connectivity index (χ0v) is 14.2. The molecule has 1 aliphatic carbocycles. The number of ether oxygens (including phenoxy) is 2. The van der Waals surface area contributed by atoms with Gasteiger partial charge in [-0.25, -0.2) is 0 Å². The summed E-state index contributed by atoms with van der Waals surface area (Å²) in [6, 6.07) is 19.8. The summed E-state index contributed by atoms with van der Waals surface area (Å²) in [5, 5.41) is 9.70. The van der Waals surface area contributed by atoms with Crippen LogP contribution in [0.3, 0.4) is 0 Å². The van der Waals surface area contributed by atoms with Crippen LogP contribution in [0.25, 0.3) is 0 Å². The topological polar surface area (TPSA) is 55.8 Å². The Morgan fingerprint density at radius 2 is 1.40 bits per heavy atom. The smallest absolute Gasteiger partial charge is 0.125 e. The minimum Gasteiger partial charge on any atom is -0.396 e. The highest BCUT2D eigenvalue weighted by atomic mass is 16.5. The molecule has 0 bridgehead atoms. The molecule has 0 amide bonds. The molecule has 25 heavy (non-hydrogen) atoms. The van der Waals surface area contributed by atoms with E-state index in [1.807, 2.05) is 60.7 Å². The predicted octanol–water partition coefficient (Wildman–Crippen LogP) is 2.98. The van der Waals surface area contributed by atoms with E-state index in [2.05, 4.69) is 0 Å². The molecule has 1 saturated carbocycles. The summed E-state index contributed by atoms with van der Waals surface area (Å²) in [6.07, 6.45) is 0.908. The van der Waals surface area contributed by atoms with Crippen molar-refractivity contribution >= 4 is 6.29 Å². The highest BCUT2D eigenvalue weighted by Crippen LogP contribution is 2.35. The van der Waals surface area contributed by atoms with Crippen LogP contribution in [-0.2, 0) is 27.5 Å². The number of carbonyl (C=O) groups is 1. The van der Waals surface area contributed by atoms with Crippen molar-refractivity contribution in [2.24, 2.45) is 11.8 Å². The molecule has 4 atom stereocenters. The summed E-state index contributed by atoms with van der Waals surface area (Å²) < 4.78 is 12.1. The van der Waals surface area contributed by atoms with Crippen molar-refractivity contribution in [1.29, 1.82) is 0 Å². The quantitative estimate of drug-likeness (QED) is 0.751. The Morgan fingerprint density at radius 1 is 0.880 bits per heavy atom. The minimum absolute atomic E-state index is 0.00497. The Hall–Kier alpha value is -2.01.